The Kier molecular flexibility index (Phi) is 2.61. The number of hydrogen-bond acceptors (Lipinski definition) is 2. The van der Waals surface area contributed by atoms with Crippen LogP contribution in [0.2, 0.25) is 0 Å². The fourth-order valence-corrected chi connectivity index (χ4v) is 5.66. The van der Waals surface area contributed by atoms with Crippen molar-refractivity contribution in [3.8, 4) is 11.1 Å². The summed E-state index contributed by atoms with van der Waals surface area (Å²) in [5.74, 6) is 0. The van der Waals surface area contributed by atoms with Crippen LogP contribution in [-0.2, 0) is 0 Å². The van der Waals surface area contributed by atoms with Gasteiger partial charge in [-0.05, 0) is 49.6 Å². The topological polar surface area (TPSA) is 26.3 Å². The lowest BCUT2D eigenvalue weighted by Gasteiger charge is -2.14. The zero-order valence-corrected chi connectivity index (χ0v) is 19.5. The van der Waals surface area contributed by atoms with Gasteiger partial charge in [-0.25, -0.2) is 0 Å². The lowest BCUT2D eigenvalue weighted by Crippen LogP contribution is -1.88. The molecule has 0 atom stereocenters. The molecule has 35 heavy (non-hydrogen) atoms. The molecule has 0 aliphatic carbocycles. The van der Waals surface area contributed by atoms with Crippen molar-refractivity contribution in [2.75, 3.05) is 0 Å². The van der Waals surface area contributed by atoms with Crippen molar-refractivity contribution in [3.63, 3.8) is 0 Å². The molecule has 0 bridgehead atoms. The molecule has 0 fully saturated rings. The maximum Gasteiger partial charge on any atom is 0.143 e. The molecule has 0 saturated heterocycles. The van der Waals surface area contributed by atoms with Gasteiger partial charge in [0, 0.05) is 43.2 Å². The minimum Gasteiger partial charge on any atom is -0.456 e. The maximum atomic E-state index is 8.93. The van der Waals surface area contributed by atoms with Crippen LogP contribution >= 0.6 is 15.9 Å². The largest absolute Gasteiger partial charge is 0.456 e. The molecule has 0 amide bonds. The fourth-order valence-electron chi connectivity index (χ4n) is 5.06. The molecule has 0 aliphatic heterocycles. The second kappa shape index (κ2) is 6.97. The van der Waals surface area contributed by atoms with Gasteiger partial charge in [0.05, 0.1) is 11.0 Å². The first kappa shape index (κ1) is 13.1. The molecule has 164 valence electrons. The van der Waals surface area contributed by atoms with E-state index in [4.69, 9.17) is 19.8 Å². The molecule has 2 nitrogen and oxygen atoms in total. The second-order valence-electron chi connectivity index (χ2n) is 8.42. The van der Waals surface area contributed by atoms with E-state index in [1.165, 1.54) is 0 Å². The van der Waals surface area contributed by atoms with Gasteiger partial charge in [-0.2, -0.15) is 0 Å². The maximum absolute atomic E-state index is 8.93. The molecule has 0 aliphatic rings. The van der Waals surface area contributed by atoms with Crippen molar-refractivity contribution < 1.29 is 19.8 Å². The highest BCUT2D eigenvalue weighted by atomic mass is 79.9. The normalized spacial score (nSPS) is 15.3. The number of fused-ring (bicyclic) bond motifs is 8. The molecule has 3 heteroatoms. The quantitative estimate of drug-likeness (QED) is 0.201. The fraction of sp³-hybridized carbons (Fsp3) is 0. The van der Waals surface area contributed by atoms with E-state index in [1.54, 1.807) is 12.1 Å². The Morgan fingerprint density at radius 1 is 0.543 bits per heavy atom. The molecule has 0 radical (unpaired) electrons. The smallest absolute Gasteiger partial charge is 0.143 e. The Labute approximate surface area is 219 Å². The number of rotatable bonds is 1. The van der Waals surface area contributed by atoms with Crippen molar-refractivity contribution in [1.29, 1.82) is 0 Å². The van der Waals surface area contributed by atoms with Gasteiger partial charge in [-0.1, -0.05) is 84.7 Å². The van der Waals surface area contributed by atoms with Gasteiger partial charge in [0.25, 0.3) is 0 Å². The Morgan fingerprint density at radius 2 is 1.17 bits per heavy atom. The predicted molar refractivity (Wildman–Crippen MR) is 149 cm³/mol. The van der Waals surface area contributed by atoms with Crippen molar-refractivity contribution in [1.82, 2.24) is 0 Å². The standard InChI is InChI=1S/C32H17BrO2/c33-31-21-11-3-1-9-19(21)30(20-10-2-4-12-22(20)31)24-14-7-13-23-26-16-25-18-8-5-6-15-27(18)34-28(25)17-29(26)35-32(23)24/h1-17H/i1D,2D,3D,4D,9D,10D,11D,12D. The summed E-state index contributed by atoms with van der Waals surface area (Å²) in [6.45, 7) is 0. The van der Waals surface area contributed by atoms with E-state index in [2.05, 4.69) is 15.9 Å². The SMILES string of the molecule is [2H]c1c([2H])c([2H])c2c(-c3cccc4c3oc3cc5oc6ccccc6c5cc34)c3c([2H])c([2H])c([2H])c([2H])c3c(Br)c2c1[2H]. The van der Waals surface area contributed by atoms with Crippen LogP contribution in [0.25, 0.3) is 76.5 Å². The van der Waals surface area contributed by atoms with E-state index < -0.39 is 24.2 Å². The number of halogens is 1. The van der Waals surface area contributed by atoms with Crippen molar-refractivity contribution in [2.24, 2.45) is 0 Å². The van der Waals surface area contributed by atoms with E-state index in [1.807, 2.05) is 42.5 Å². The molecule has 6 aromatic carbocycles. The minimum absolute atomic E-state index is 0.121. The number of furan rings is 2. The van der Waals surface area contributed by atoms with Crippen molar-refractivity contribution in [2.45, 2.75) is 0 Å². The zero-order valence-electron chi connectivity index (χ0n) is 25.9. The Hall–Kier alpha value is -4.08. The van der Waals surface area contributed by atoms with Gasteiger partial charge in [-0.3, -0.25) is 0 Å². The average Bonchev–Trinajstić information content (AvgIpc) is 3.56. The molecule has 2 aromatic heterocycles. The van der Waals surface area contributed by atoms with Crippen molar-refractivity contribution in [3.05, 3.63) is 107 Å². The Balaban J connectivity index is 1.61. The predicted octanol–water partition coefficient (Wildman–Crippen LogP) is 10.2. The van der Waals surface area contributed by atoms with Gasteiger partial charge in [0.2, 0.25) is 0 Å². The molecule has 0 N–H and O–H groups in total. The average molecular weight is 521 g/mol. The third-order valence-corrected chi connectivity index (χ3v) is 7.37. The number of benzene rings is 6. The van der Waals surface area contributed by atoms with Gasteiger partial charge in [0.15, 0.2) is 0 Å². The van der Waals surface area contributed by atoms with Crippen molar-refractivity contribution >= 4 is 81.4 Å². The molecule has 2 heterocycles. The highest BCUT2D eigenvalue weighted by Crippen LogP contribution is 2.45. The summed E-state index contributed by atoms with van der Waals surface area (Å²) in [7, 11) is 0. The second-order valence-corrected chi connectivity index (χ2v) is 9.21. The Bertz CT molecular complexity index is 2490. The summed E-state index contributed by atoms with van der Waals surface area (Å²) in [5, 5.41) is 3.93. The van der Waals surface area contributed by atoms with Gasteiger partial charge in [-0.15, -0.1) is 0 Å². The van der Waals surface area contributed by atoms with Crippen LogP contribution in [0.15, 0.2) is 116 Å². The number of hydrogen-bond donors (Lipinski definition) is 0. The molecule has 0 saturated carbocycles. The first-order valence-electron chi connectivity index (χ1n) is 15.0. The van der Waals surface area contributed by atoms with Gasteiger partial charge >= 0.3 is 0 Å². The van der Waals surface area contributed by atoms with E-state index in [9.17, 15) is 0 Å². The van der Waals surface area contributed by atoms with Crippen LogP contribution in [0.1, 0.15) is 11.0 Å². The van der Waals surface area contributed by atoms with Crippen LogP contribution < -0.4 is 0 Å². The summed E-state index contributed by atoms with van der Waals surface area (Å²) in [6, 6.07) is 14.0. The molecule has 0 spiro atoms. The number of para-hydroxylation sites is 2. The molecular formula is C32H17BrO2. The van der Waals surface area contributed by atoms with Crippen LogP contribution in [0.4, 0.5) is 0 Å². The summed E-state index contributed by atoms with van der Waals surface area (Å²) >= 11 is 3.46. The first-order chi connectivity index (χ1) is 20.6. The molecule has 8 rings (SSSR count). The monoisotopic (exact) mass is 520 g/mol. The summed E-state index contributed by atoms with van der Waals surface area (Å²) in [4.78, 5) is 0. The molecule has 0 unspecified atom stereocenters. The summed E-state index contributed by atoms with van der Waals surface area (Å²) in [6.07, 6.45) is 0. The lowest BCUT2D eigenvalue weighted by molar-refractivity contribution is 0.656. The zero-order chi connectivity index (χ0) is 30.1. The van der Waals surface area contributed by atoms with E-state index >= 15 is 0 Å². The third kappa shape index (κ3) is 2.59. The van der Waals surface area contributed by atoms with Crippen LogP contribution in [0.5, 0.6) is 0 Å². The highest BCUT2D eigenvalue weighted by Gasteiger charge is 2.19. The van der Waals surface area contributed by atoms with Crippen LogP contribution in [0, 0.1) is 0 Å². The summed E-state index contributed by atoms with van der Waals surface area (Å²) in [5.41, 5.74) is 3.05. The van der Waals surface area contributed by atoms with Crippen LogP contribution in [-0.4, -0.2) is 0 Å². The Morgan fingerprint density at radius 3 is 1.94 bits per heavy atom. The van der Waals surface area contributed by atoms with E-state index in [0.29, 0.717) is 22.3 Å². The minimum atomic E-state index is -0.449. The molecular weight excluding hydrogens is 496 g/mol. The summed E-state index contributed by atoms with van der Waals surface area (Å²) < 4.78 is 81.7. The molecule has 8 aromatic rings. The van der Waals surface area contributed by atoms with E-state index in [0.717, 1.165) is 27.1 Å². The first-order valence-corrected chi connectivity index (χ1v) is 11.8. The third-order valence-electron chi connectivity index (χ3n) is 6.58. The van der Waals surface area contributed by atoms with Gasteiger partial charge < -0.3 is 8.83 Å². The lowest BCUT2D eigenvalue weighted by atomic mass is 9.91. The van der Waals surface area contributed by atoms with Gasteiger partial charge in [0.1, 0.15) is 22.3 Å². The highest BCUT2D eigenvalue weighted by molar-refractivity contribution is 9.10. The van der Waals surface area contributed by atoms with Crippen LogP contribution in [0.3, 0.4) is 0 Å². The van der Waals surface area contributed by atoms with E-state index in [-0.39, 0.29) is 55.8 Å².